The van der Waals surface area contributed by atoms with Crippen LogP contribution in [0.3, 0.4) is 0 Å². The van der Waals surface area contributed by atoms with Gasteiger partial charge in [0.1, 0.15) is 0 Å². The van der Waals surface area contributed by atoms with Gasteiger partial charge in [-0.15, -0.1) is 0 Å². The minimum absolute atomic E-state index is 0.166. The largest absolute Gasteiger partial charge is 0.388 e. The summed E-state index contributed by atoms with van der Waals surface area (Å²) in [7, 11) is 5.85. The van der Waals surface area contributed by atoms with E-state index >= 15 is 0 Å². The van der Waals surface area contributed by atoms with E-state index in [1.165, 1.54) is 0 Å². The Morgan fingerprint density at radius 3 is 2.44 bits per heavy atom. The zero-order chi connectivity index (χ0) is 23.4. The van der Waals surface area contributed by atoms with Gasteiger partial charge in [-0.3, -0.25) is 14.6 Å². The van der Waals surface area contributed by atoms with Gasteiger partial charge in [-0.1, -0.05) is 6.07 Å². The molecule has 1 amide bonds. The summed E-state index contributed by atoms with van der Waals surface area (Å²) in [5, 5.41) is 6.08. The number of aromatic nitrogens is 2. The molecule has 2 aromatic heterocycles. The molecular formula is C25H31N5O2. The molecule has 7 heteroatoms. The van der Waals surface area contributed by atoms with Crippen LogP contribution in [0.5, 0.6) is 0 Å². The van der Waals surface area contributed by atoms with Crippen LogP contribution in [-0.2, 0) is 13.1 Å². The van der Waals surface area contributed by atoms with E-state index in [0.717, 1.165) is 45.9 Å². The summed E-state index contributed by atoms with van der Waals surface area (Å²) in [5.41, 5.74) is 7.14. The van der Waals surface area contributed by atoms with Gasteiger partial charge in [-0.25, -0.2) is 0 Å². The van der Waals surface area contributed by atoms with Crippen molar-refractivity contribution in [2.75, 3.05) is 26.5 Å². The Hall–Kier alpha value is -3.45. The summed E-state index contributed by atoms with van der Waals surface area (Å²) in [6.07, 6.45) is 1.83. The fourth-order valence-electron chi connectivity index (χ4n) is 3.75. The van der Waals surface area contributed by atoms with Crippen molar-refractivity contribution in [3.8, 4) is 11.1 Å². The quantitative estimate of drug-likeness (QED) is 0.531. The number of carbonyl (C=O) groups is 1. The molecule has 0 spiro atoms. The maximum absolute atomic E-state index is 13.1. The molecule has 0 bridgehead atoms. The summed E-state index contributed by atoms with van der Waals surface area (Å²) < 4.78 is 0. The molecule has 0 atom stereocenters. The SMILES string of the molecule is CNc1cc(-c2ccc(CN(C)C)nc2)cc(C(=O)NCc2c(C)cc(C)[nH]c2=O)c1C. The first-order chi connectivity index (χ1) is 15.2. The number of benzene rings is 1. The Bertz CT molecular complexity index is 1180. The monoisotopic (exact) mass is 433 g/mol. The van der Waals surface area contributed by atoms with E-state index in [4.69, 9.17) is 0 Å². The number of aromatic amines is 1. The zero-order valence-electron chi connectivity index (χ0n) is 19.6. The highest BCUT2D eigenvalue weighted by Gasteiger charge is 2.16. The van der Waals surface area contributed by atoms with E-state index in [1.807, 2.05) is 78.4 Å². The topological polar surface area (TPSA) is 90.1 Å². The predicted molar refractivity (Wildman–Crippen MR) is 129 cm³/mol. The van der Waals surface area contributed by atoms with Gasteiger partial charge in [-0.05, 0) is 75.8 Å². The van der Waals surface area contributed by atoms with Crippen molar-refractivity contribution in [1.29, 1.82) is 0 Å². The van der Waals surface area contributed by atoms with E-state index in [1.54, 1.807) is 0 Å². The van der Waals surface area contributed by atoms with E-state index in [2.05, 4.69) is 25.5 Å². The maximum atomic E-state index is 13.1. The van der Waals surface area contributed by atoms with Gasteiger partial charge in [0.05, 0.1) is 5.69 Å². The maximum Gasteiger partial charge on any atom is 0.253 e. The average Bonchev–Trinajstić information content (AvgIpc) is 2.73. The number of aryl methyl sites for hydroxylation is 2. The lowest BCUT2D eigenvalue weighted by molar-refractivity contribution is 0.0950. The highest BCUT2D eigenvalue weighted by Crippen LogP contribution is 2.28. The van der Waals surface area contributed by atoms with E-state index in [-0.39, 0.29) is 18.0 Å². The molecule has 0 fully saturated rings. The Morgan fingerprint density at radius 2 is 1.84 bits per heavy atom. The number of anilines is 1. The fraction of sp³-hybridized carbons (Fsp3) is 0.320. The number of nitrogens with zero attached hydrogens (tertiary/aromatic N) is 2. The van der Waals surface area contributed by atoms with Crippen LogP contribution in [0, 0.1) is 20.8 Å². The summed E-state index contributed by atoms with van der Waals surface area (Å²) >= 11 is 0. The van der Waals surface area contributed by atoms with Crippen LogP contribution in [0.2, 0.25) is 0 Å². The van der Waals surface area contributed by atoms with Crippen LogP contribution in [-0.4, -0.2) is 41.9 Å². The van der Waals surface area contributed by atoms with Gasteiger partial charge in [-0.2, -0.15) is 0 Å². The normalized spacial score (nSPS) is 11.0. The molecule has 3 N–H and O–H groups in total. The second kappa shape index (κ2) is 9.78. The molecule has 32 heavy (non-hydrogen) atoms. The second-order valence-corrected chi connectivity index (χ2v) is 8.35. The van der Waals surface area contributed by atoms with Gasteiger partial charge in [0, 0.05) is 54.4 Å². The third kappa shape index (κ3) is 5.23. The van der Waals surface area contributed by atoms with Crippen molar-refractivity contribution < 1.29 is 4.79 Å². The molecule has 0 unspecified atom stereocenters. The summed E-state index contributed by atoms with van der Waals surface area (Å²) in [6, 6.07) is 9.82. The van der Waals surface area contributed by atoms with Gasteiger partial charge in [0.25, 0.3) is 11.5 Å². The number of carbonyl (C=O) groups excluding carboxylic acids is 1. The molecular weight excluding hydrogens is 402 g/mol. The first-order valence-corrected chi connectivity index (χ1v) is 10.6. The van der Waals surface area contributed by atoms with Crippen molar-refractivity contribution >= 4 is 11.6 Å². The van der Waals surface area contributed by atoms with Crippen molar-refractivity contribution in [2.24, 2.45) is 0 Å². The highest BCUT2D eigenvalue weighted by molar-refractivity contribution is 5.98. The number of hydrogen-bond acceptors (Lipinski definition) is 5. The van der Waals surface area contributed by atoms with E-state index in [9.17, 15) is 9.59 Å². The third-order valence-electron chi connectivity index (χ3n) is 5.48. The lowest BCUT2D eigenvalue weighted by Gasteiger charge is -2.15. The standard InChI is InChI=1S/C25H31N5O2/c1-15-9-16(2)29-25(32)22(15)13-28-24(31)21-10-19(11-23(26-4)17(21)3)18-7-8-20(27-12-18)14-30(5)6/h7-12,26H,13-14H2,1-6H3,(H,28,31)(H,29,32). The van der Waals surface area contributed by atoms with Crippen LogP contribution in [0.1, 0.15) is 38.4 Å². The predicted octanol–water partition coefficient (Wildman–Crippen LogP) is 3.40. The molecule has 0 aliphatic rings. The second-order valence-electron chi connectivity index (χ2n) is 8.35. The summed E-state index contributed by atoms with van der Waals surface area (Å²) in [5.74, 6) is -0.225. The zero-order valence-corrected chi connectivity index (χ0v) is 19.6. The van der Waals surface area contributed by atoms with E-state index in [0.29, 0.717) is 11.1 Å². The molecule has 3 rings (SSSR count). The number of nitrogens with one attached hydrogen (secondary N) is 3. The van der Waals surface area contributed by atoms with Gasteiger partial charge < -0.3 is 20.5 Å². The number of H-pyrrole nitrogens is 1. The lowest BCUT2D eigenvalue weighted by Crippen LogP contribution is -2.28. The minimum Gasteiger partial charge on any atom is -0.388 e. The lowest BCUT2D eigenvalue weighted by atomic mass is 9.98. The molecule has 0 saturated heterocycles. The van der Waals surface area contributed by atoms with Crippen molar-refractivity contribution in [2.45, 2.75) is 33.9 Å². The van der Waals surface area contributed by atoms with Crippen LogP contribution < -0.4 is 16.2 Å². The number of hydrogen-bond donors (Lipinski definition) is 3. The Balaban J connectivity index is 1.89. The molecule has 7 nitrogen and oxygen atoms in total. The van der Waals surface area contributed by atoms with Crippen LogP contribution in [0.4, 0.5) is 5.69 Å². The van der Waals surface area contributed by atoms with Gasteiger partial charge >= 0.3 is 0 Å². The molecule has 0 aliphatic heterocycles. The Kier molecular flexibility index (Phi) is 7.10. The van der Waals surface area contributed by atoms with Crippen molar-refractivity contribution in [1.82, 2.24) is 20.2 Å². The molecule has 0 radical (unpaired) electrons. The molecule has 1 aromatic carbocycles. The number of amides is 1. The molecule has 2 heterocycles. The first kappa shape index (κ1) is 23.2. The minimum atomic E-state index is -0.225. The average molecular weight is 434 g/mol. The summed E-state index contributed by atoms with van der Waals surface area (Å²) in [6.45, 7) is 6.56. The Morgan fingerprint density at radius 1 is 1.09 bits per heavy atom. The van der Waals surface area contributed by atoms with Crippen LogP contribution >= 0.6 is 0 Å². The molecule has 0 aliphatic carbocycles. The van der Waals surface area contributed by atoms with Crippen molar-refractivity contribution in [3.63, 3.8) is 0 Å². The van der Waals surface area contributed by atoms with Crippen LogP contribution in [0.15, 0.2) is 41.3 Å². The third-order valence-corrected chi connectivity index (χ3v) is 5.48. The molecule has 168 valence electrons. The van der Waals surface area contributed by atoms with Crippen LogP contribution in [0.25, 0.3) is 11.1 Å². The summed E-state index contributed by atoms with van der Waals surface area (Å²) in [4.78, 5) is 34.8. The fourth-order valence-corrected chi connectivity index (χ4v) is 3.75. The first-order valence-electron chi connectivity index (χ1n) is 10.6. The van der Waals surface area contributed by atoms with Gasteiger partial charge in [0.15, 0.2) is 0 Å². The van der Waals surface area contributed by atoms with Gasteiger partial charge in [0.2, 0.25) is 0 Å². The number of pyridine rings is 2. The molecule has 0 saturated carbocycles. The Labute approximate surface area is 188 Å². The smallest absolute Gasteiger partial charge is 0.253 e. The molecule has 3 aromatic rings. The van der Waals surface area contributed by atoms with E-state index < -0.39 is 0 Å². The van der Waals surface area contributed by atoms with Crippen molar-refractivity contribution in [3.05, 3.63) is 80.5 Å². The number of rotatable bonds is 7. The highest BCUT2D eigenvalue weighted by atomic mass is 16.1.